The molecule has 0 saturated carbocycles. The maximum Gasteiger partial charge on any atom is 0.240 e. The van der Waals surface area contributed by atoms with Crippen molar-refractivity contribution in [3.05, 3.63) is 63.6 Å². The zero-order valence-electron chi connectivity index (χ0n) is 15.2. The number of thiophene rings is 1. The highest BCUT2D eigenvalue weighted by atomic mass is 32.2. The third-order valence-electron chi connectivity index (χ3n) is 4.65. The molecule has 0 radical (unpaired) electrons. The lowest BCUT2D eigenvalue weighted by Gasteiger charge is -2.19. The second-order valence-corrected chi connectivity index (χ2v) is 9.37. The molecular formula is C19H21N3O3S2. The van der Waals surface area contributed by atoms with Crippen molar-refractivity contribution in [2.75, 3.05) is 13.2 Å². The number of hydrogen-bond donors (Lipinski definition) is 1. The fraction of sp³-hybridized carbons (Fsp3) is 0.316. The molecule has 1 aliphatic rings. The van der Waals surface area contributed by atoms with Gasteiger partial charge in [0.25, 0.3) is 0 Å². The molecule has 1 unspecified atom stereocenters. The standard InChI is InChI=1S/C19H21N3O3S2/c1-13-10-14(2)22(21-13)17(19-4-3-9-26-19)12-20-27(23,24)16-5-6-18-15(11-16)7-8-25-18/h3-6,9-11,17,20H,7-8,12H2,1-2H3. The van der Waals surface area contributed by atoms with Gasteiger partial charge in [0.05, 0.1) is 23.2 Å². The Labute approximate surface area is 162 Å². The van der Waals surface area contributed by atoms with E-state index in [9.17, 15) is 8.42 Å². The van der Waals surface area contributed by atoms with Crippen LogP contribution in [0, 0.1) is 13.8 Å². The number of benzene rings is 1. The molecule has 0 bridgehead atoms. The summed E-state index contributed by atoms with van der Waals surface area (Å²) < 4.78 is 35.8. The van der Waals surface area contributed by atoms with Gasteiger partial charge in [-0.3, -0.25) is 4.68 Å². The van der Waals surface area contributed by atoms with Gasteiger partial charge in [0.2, 0.25) is 10.0 Å². The predicted molar refractivity (Wildman–Crippen MR) is 105 cm³/mol. The van der Waals surface area contributed by atoms with Crippen LogP contribution in [-0.4, -0.2) is 31.3 Å². The van der Waals surface area contributed by atoms with Crippen molar-refractivity contribution in [3.63, 3.8) is 0 Å². The number of ether oxygens (including phenoxy) is 1. The molecule has 2 aromatic heterocycles. The summed E-state index contributed by atoms with van der Waals surface area (Å²) in [5.41, 5.74) is 2.85. The molecule has 0 fully saturated rings. The van der Waals surface area contributed by atoms with Crippen molar-refractivity contribution in [3.8, 4) is 5.75 Å². The maximum absolute atomic E-state index is 12.8. The van der Waals surface area contributed by atoms with E-state index in [0.29, 0.717) is 6.61 Å². The Bertz CT molecular complexity index is 1060. The topological polar surface area (TPSA) is 73.2 Å². The minimum absolute atomic E-state index is 0.189. The Kier molecular flexibility index (Phi) is 4.79. The zero-order chi connectivity index (χ0) is 19.0. The van der Waals surface area contributed by atoms with E-state index in [0.717, 1.165) is 34.0 Å². The van der Waals surface area contributed by atoms with Gasteiger partial charge in [-0.1, -0.05) is 6.07 Å². The first-order chi connectivity index (χ1) is 12.9. The fourth-order valence-corrected chi connectivity index (χ4v) is 5.25. The van der Waals surface area contributed by atoms with Gasteiger partial charge in [-0.2, -0.15) is 5.10 Å². The largest absolute Gasteiger partial charge is 0.493 e. The Morgan fingerprint density at radius 2 is 2.15 bits per heavy atom. The number of rotatable bonds is 6. The molecule has 1 aliphatic heterocycles. The van der Waals surface area contributed by atoms with Gasteiger partial charge in [0.1, 0.15) is 5.75 Å². The summed E-state index contributed by atoms with van der Waals surface area (Å²) >= 11 is 1.59. The van der Waals surface area contributed by atoms with E-state index in [-0.39, 0.29) is 17.5 Å². The summed E-state index contributed by atoms with van der Waals surface area (Å²) in [5, 5.41) is 6.55. The fourth-order valence-electron chi connectivity index (χ4n) is 3.35. The molecule has 0 saturated heterocycles. The third kappa shape index (κ3) is 3.65. The number of sulfonamides is 1. The number of hydrogen-bond acceptors (Lipinski definition) is 5. The molecule has 0 aliphatic carbocycles. The Morgan fingerprint density at radius 1 is 1.30 bits per heavy atom. The number of nitrogens with zero attached hydrogens (tertiary/aromatic N) is 2. The van der Waals surface area contributed by atoms with Gasteiger partial charge in [0.15, 0.2) is 0 Å². The Morgan fingerprint density at radius 3 is 2.85 bits per heavy atom. The highest BCUT2D eigenvalue weighted by molar-refractivity contribution is 7.89. The van der Waals surface area contributed by atoms with Crippen LogP contribution in [0.15, 0.2) is 46.7 Å². The van der Waals surface area contributed by atoms with Crippen LogP contribution in [0.1, 0.15) is 27.9 Å². The SMILES string of the molecule is Cc1cc(C)n(C(CNS(=O)(=O)c2ccc3c(c2)CCO3)c2cccs2)n1. The smallest absolute Gasteiger partial charge is 0.240 e. The van der Waals surface area contributed by atoms with Gasteiger partial charge in [-0.25, -0.2) is 13.1 Å². The molecular weight excluding hydrogens is 382 g/mol. The van der Waals surface area contributed by atoms with E-state index in [2.05, 4.69) is 9.82 Å². The summed E-state index contributed by atoms with van der Waals surface area (Å²) in [6, 6.07) is 10.8. The van der Waals surface area contributed by atoms with Gasteiger partial charge in [0, 0.05) is 23.5 Å². The van der Waals surface area contributed by atoms with E-state index in [1.54, 1.807) is 29.5 Å². The van der Waals surface area contributed by atoms with Crippen molar-refractivity contribution in [2.24, 2.45) is 0 Å². The monoisotopic (exact) mass is 403 g/mol. The van der Waals surface area contributed by atoms with Crippen molar-refractivity contribution in [1.29, 1.82) is 0 Å². The molecule has 1 N–H and O–H groups in total. The van der Waals surface area contributed by atoms with Crippen molar-refractivity contribution in [2.45, 2.75) is 31.2 Å². The van der Waals surface area contributed by atoms with Gasteiger partial charge < -0.3 is 4.74 Å². The third-order valence-corrected chi connectivity index (χ3v) is 7.04. The highest BCUT2D eigenvalue weighted by Crippen LogP contribution is 2.28. The van der Waals surface area contributed by atoms with Crippen LogP contribution in [0.2, 0.25) is 0 Å². The van der Waals surface area contributed by atoms with Crippen LogP contribution < -0.4 is 9.46 Å². The second kappa shape index (κ2) is 7.10. The minimum Gasteiger partial charge on any atom is -0.493 e. The molecule has 6 nitrogen and oxygen atoms in total. The summed E-state index contributed by atoms with van der Waals surface area (Å²) in [4.78, 5) is 1.33. The first kappa shape index (κ1) is 18.2. The van der Waals surface area contributed by atoms with Crippen LogP contribution in [0.5, 0.6) is 5.75 Å². The van der Waals surface area contributed by atoms with Crippen molar-refractivity contribution in [1.82, 2.24) is 14.5 Å². The van der Waals surface area contributed by atoms with Crippen molar-refractivity contribution >= 4 is 21.4 Å². The lowest BCUT2D eigenvalue weighted by Crippen LogP contribution is -2.32. The summed E-state index contributed by atoms with van der Waals surface area (Å²) in [6.07, 6.45) is 0.738. The highest BCUT2D eigenvalue weighted by Gasteiger charge is 2.23. The molecule has 3 aromatic rings. The van der Waals surface area contributed by atoms with E-state index < -0.39 is 10.0 Å². The van der Waals surface area contributed by atoms with E-state index in [1.165, 1.54) is 0 Å². The van der Waals surface area contributed by atoms with Gasteiger partial charge >= 0.3 is 0 Å². The number of nitrogens with one attached hydrogen (secondary N) is 1. The van der Waals surface area contributed by atoms with E-state index in [4.69, 9.17) is 4.74 Å². The number of aryl methyl sites for hydroxylation is 2. The lowest BCUT2D eigenvalue weighted by atomic mass is 10.2. The summed E-state index contributed by atoms with van der Waals surface area (Å²) in [5.74, 6) is 0.771. The molecule has 1 aromatic carbocycles. The van der Waals surface area contributed by atoms with Crippen molar-refractivity contribution < 1.29 is 13.2 Å². The molecule has 4 rings (SSSR count). The van der Waals surface area contributed by atoms with E-state index >= 15 is 0 Å². The van der Waals surface area contributed by atoms with Crippen LogP contribution in [0.3, 0.4) is 0 Å². The molecule has 8 heteroatoms. The quantitative estimate of drug-likeness (QED) is 0.687. The molecule has 27 heavy (non-hydrogen) atoms. The van der Waals surface area contributed by atoms with Gasteiger partial charge in [-0.05, 0) is 55.1 Å². The molecule has 3 heterocycles. The predicted octanol–water partition coefficient (Wildman–Crippen LogP) is 3.06. The Hall–Kier alpha value is -2.16. The molecule has 0 amide bonds. The normalized spacial score (nSPS) is 14.7. The van der Waals surface area contributed by atoms with Crippen LogP contribution in [0.25, 0.3) is 0 Å². The first-order valence-electron chi connectivity index (χ1n) is 8.75. The minimum atomic E-state index is -3.62. The first-order valence-corrected chi connectivity index (χ1v) is 11.1. The maximum atomic E-state index is 12.8. The summed E-state index contributed by atoms with van der Waals surface area (Å²) in [7, 11) is -3.62. The van der Waals surface area contributed by atoms with Crippen LogP contribution >= 0.6 is 11.3 Å². The lowest BCUT2D eigenvalue weighted by molar-refractivity contribution is 0.356. The van der Waals surface area contributed by atoms with Crippen LogP contribution in [0.4, 0.5) is 0 Å². The van der Waals surface area contributed by atoms with Crippen LogP contribution in [-0.2, 0) is 16.4 Å². The molecule has 1 atom stereocenters. The second-order valence-electron chi connectivity index (χ2n) is 6.62. The number of fused-ring (bicyclic) bond motifs is 1. The molecule has 142 valence electrons. The van der Waals surface area contributed by atoms with Gasteiger partial charge in [-0.15, -0.1) is 11.3 Å². The average molecular weight is 404 g/mol. The number of aromatic nitrogens is 2. The molecule has 0 spiro atoms. The average Bonchev–Trinajstić information content (AvgIpc) is 3.36. The summed E-state index contributed by atoms with van der Waals surface area (Å²) in [6.45, 7) is 4.75. The zero-order valence-corrected chi connectivity index (χ0v) is 16.8. The van der Waals surface area contributed by atoms with E-state index in [1.807, 2.05) is 42.1 Å². The Balaban J connectivity index is 1.60.